The van der Waals surface area contributed by atoms with Crippen LogP contribution in [0.25, 0.3) is 0 Å². The molecule has 2 rings (SSSR count). The monoisotopic (exact) mass is 353 g/mol. The second kappa shape index (κ2) is 7.34. The van der Waals surface area contributed by atoms with Gasteiger partial charge in [-0.1, -0.05) is 6.07 Å². The smallest absolute Gasteiger partial charge is 0.269 e. The predicted molar refractivity (Wildman–Crippen MR) is 85.0 cm³/mol. The lowest BCUT2D eigenvalue weighted by Crippen LogP contribution is -2.36. The van der Waals surface area contributed by atoms with Crippen molar-refractivity contribution in [3.05, 3.63) is 69.1 Å². The molecule has 0 radical (unpaired) electrons. The number of pyridine rings is 1. The number of aromatic nitrogens is 1. The molecule has 24 heavy (non-hydrogen) atoms. The number of hydrogen-bond donors (Lipinski definition) is 2. The fourth-order valence-corrected chi connectivity index (χ4v) is 3.01. The highest BCUT2D eigenvalue weighted by Crippen LogP contribution is 2.15. The minimum Gasteiger partial charge on any atom is -0.390 e. The maximum Gasteiger partial charge on any atom is 0.269 e. The Hall–Kier alpha value is -2.56. The Kier molecular flexibility index (Phi) is 5.44. The van der Waals surface area contributed by atoms with Crippen LogP contribution in [0.15, 0.2) is 58.4 Å². The first-order valence-corrected chi connectivity index (χ1v) is 8.35. The van der Waals surface area contributed by atoms with E-state index in [1.807, 2.05) is 0 Å². The lowest BCUT2D eigenvalue weighted by molar-refractivity contribution is -0.384. The molecule has 1 atom stereocenters. The Morgan fingerprint density at radius 3 is 2.46 bits per heavy atom. The zero-order valence-electron chi connectivity index (χ0n) is 12.4. The molecule has 0 bridgehead atoms. The van der Waals surface area contributed by atoms with E-state index < -0.39 is 21.1 Å². The lowest BCUT2D eigenvalue weighted by atomic mass is 10.3. The standard InChI is InChI=1S/C14H15N3O6S/c18-12(10-16-8-2-1-3-14(16)19)9-15-24(22,23)13-6-4-11(5-7-13)17(20)21/h1-8,12,15,18H,9-10H2. The van der Waals surface area contributed by atoms with E-state index in [-0.39, 0.29) is 29.2 Å². The van der Waals surface area contributed by atoms with Gasteiger partial charge in [0.15, 0.2) is 0 Å². The third-order valence-corrected chi connectivity index (χ3v) is 4.61. The fourth-order valence-electron chi connectivity index (χ4n) is 1.94. The molecule has 0 saturated heterocycles. The van der Waals surface area contributed by atoms with Gasteiger partial charge >= 0.3 is 0 Å². The van der Waals surface area contributed by atoms with Crippen molar-refractivity contribution in [3.8, 4) is 0 Å². The number of nitrogens with zero attached hydrogens (tertiary/aromatic N) is 2. The Morgan fingerprint density at radius 1 is 1.21 bits per heavy atom. The van der Waals surface area contributed by atoms with Crippen LogP contribution in [0.1, 0.15) is 0 Å². The van der Waals surface area contributed by atoms with Crippen molar-refractivity contribution in [1.82, 2.24) is 9.29 Å². The van der Waals surface area contributed by atoms with Gasteiger partial charge in [-0.15, -0.1) is 0 Å². The number of hydrogen-bond acceptors (Lipinski definition) is 6. The summed E-state index contributed by atoms with van der Waals surface area (Å²) in [5, 5.41) is 20.4. The highest BCUT2D eigenvalue weighted by atomic mass is 32.2. The van der Waals surface area contributed by atoms with E-state index in [1.165, 1.54) is 16.8 Å². The minimum absolute atomic E-state index is 0.0670. The zero-order valence-corrected chi connectivity index (χ0v) is 13.2. The third-order valence-electron chi connectivity index (χ3n) is 3.17. The van der Waals surface area contributed by atoms with Crippen LogP contribution in [-0.2, 0) is 16.6 Å². The number of benzene rings is 1. The molecule has 1 heterocycles. The van der Waals surface area contributed by atoms with Crippen LogP contribution >= 0.6 is 0 Å². The molecule has 1 aromatic carbocycles. The Balaban J connectivity index is 2.00. The average molecular weight is 353 g/mol. The van der Waals surface area contributed by atoms with Gasteiger partial charge in [0.1, 0.15) is 0 Å². The van der Waals surface area contributed by atoms with Gasteiger partial charge in [-0.25, -0.2) is 13.1 Å². The van der Waals surface area contributed by atoms with E-state index >= 15 is 0 Å². The van der Waals surface area contributed by atoms with Crippen LogP contribution in [0.4, 0.5) is 5.69 Å². The maximum atomic E-state index is 12.1. The molecule has 0 fully saturated rings. The van der Waals surface area contributed by atoms with Gasteiger partial charge in [-0.3, -0.25) is 14.9 Å². The van der Waals surface area contributed by atoms with Gasteiger partial charge < -0.3 is 9.67 Å². The SMILES string of the molecule is O=c1ccccn1CC(O)CNS(=O)(=O)c1ccc([N+](=O)[O-])cc1. The second-order valence-electron chi connectivity index (χ2n) is 4.95. The largest absolute Gasteiger partial charge is 0.390 e. The predicted octanol–water partition coefficient (Wildman–Crippen LogP) is 0.0959. The van der Waals surface area contributed by atoms with Gasteiger partial charge in [-0.2, -0.15) is 0 Å². The molecule has 9 nitrogen and oxygen atoms in total. The second-order valence-corrected chi connectivity index (χ2v) is 6.71. The Labute approximate surface area is 137 Å². The van der Waals surface area contributed by atoms with Crippen LogP contribution in [0.3, 0.4) is 0 Å². The first kappa shape index (κ1) is 17.8. The molecule has 10 heteroatoms. The molecule has 2 N–H and O–H groups in total. The molecule has 1 unspecified atom stereocenters. The zero-order chi connectivity index (χ0) is 17.7. The van der Waals surface area contributed by atoms with Gasteiger partial charge in [0.2, 0.25) is 10.0 Å². The molecule has 0 spiro atoms. The van der Waals surface area contributed by atoms with Crippen molar-refractivity contribution in [1.29, 1.82) is 0 Å². The number of aliphatic hydroxyl groups is 1. The Bertz CT molecular complexity index is 876. The summed E-state index contributed by atoms with van der Waals surface area (Å²) >= 11 is 0. The van der Waals surface area contributed by atoms with E-state index in [0.29, 0.717) is 0 Å². The van der Waals surface area contributed by atoms with E-state index in [1.54, 1.807) is 12.1 Å². The van der Waals surface area contributed by atoms with Crippen molar-refractivity contribution in [2.24, 2.45) is 0 Å². The number of non-ortho nitro benzene ring substituents is 1. The molecular formula is C14H15N3O6S. The van der Waals surface area contributed by atoms with Gasteiger partial charge in [0.25, 0.3) is 11.2 Å². The quantitative estimate of drug-likeness (QED) is 0.536. The van der Waals surface area contributed by atoms with Crippen LogP contribution in [0.2, 0.25) is 0 Å². The van der Waals surface area contributed by atoms with Crippen LogP contribution < -0.4 is 10.3 Å². The molecule has 0 aliphatic rings. The summed E-state index contributed by atoms with van der Waals surface area (Å²) in [4.78, 5) is 21.3. The average Bonchev–Trinajstić information content (AvgIpc) is 2.55. The van der Waals surface area contributed by atoms with Crippen molar-refractivity contribution >= 4 is 15.7 Å². The van der Waals surface area contributed by atoms with E-state index in [2.05, 4.69) is 4.72 Å². The Morgan fingerprint density at radius 2 is 1.88 bits per heavy atom. The highest BCUT2D eigenvalue weighted by molar-refractivity contribution is 7.89. The van der Waals surface area contributed by atoms with Crippen LogP contribution in [0.5, 0.6) is 0 Å². The fraction of sp³-hybridized carbons (Fsp3) is 0.214. The van der Waals surface area contributed by atoms with E-state index in [0.717, 1.165) is 24.3 Å². The molecule has 0 aliphatic heterocycles. The highest BCUT2D eigenvalue weighted by Gasteiger charge is 2.17. The summed E-state index contributed by atoms with van der Waals surface area (Å²) in [6.45, 7) is -0.372. The minimum atomic E-state index is -3.92. The van der Waals surface area contributed by atoms with Gasteiger partial charge in [-0.05, 0) is 18.2 Å². The number of nitro groups is 1. The number of sulfonamides is 1. The summed E-state index contributed by atoms with van der Waals surface area (Å²) in [7, 11) is -3.92. The van der Waals surface area contributed by atoms with Crippen molar-refractivity contribution in [2.75, 3.05) is 6.54 Å². The summed E-state index contributed by atoms with van der Waals surface area (Å²) < 4.78 is 27.6. The summed E-state index contributed by atoms with van der Waals surface area (Å²) in [5.41, 5.74) is -0.535. The molecule has 0 saturated carbocycles. The van der Waals surface area contributed by atoms with Crippen molar-refractivity contribution < 1.29 is 18.4 Å². The van der Waals surface area contributed by atoms with E-state index in [4.69, 9.17) is 0 Å². The van der Waals surface area contributed by atoms with Crippen molar-refractivity contribution in [2.45, 2.75) is 17.5 Å². The molecule has 128 valence electrons. The summed E-state index contributed by atoms with van der Waals surface area (Å²) in [6.07, 6.45) is 0.369. The molecule has 1 aromatic heterocycles. The topological polar surface area (TPSA) is 132 Å². The number of nitro benzene ring substituents is 1. The molecule has 2 aromatic rings. The molecule has 0 aliphatic carbocycles. The number of aliphatic hydroxyl groups excluding tert-OH is 1. The lowest BCUT2D eigenvalue weighted by Gasteiger charge is -2.13. The maximum absolute atomic E-state index is 12.1. The first-order chi connectivity index (χ1) is 11.3. The first-order valence-electron chi connectivity index (χ1n) is 6.87. The van der Waals surface area contributed by atoms with Gasteiger partial charge in [0, 0.05) is 30.9 Å². The van der Waals surface area contributed by atoms with Crippen LogP contribution in [0, 0.1) is 10.1 Å². The number of nitrogens with one attached hydrogen (secondary N) is 1. The van der Waals surface area contributed by atoms with Crippen molar-refractivity contribution in [3.63, 3.8) is 0 Å². The molecular weight excluding hydrogens is 338 g/mol. The molecule has 0 amide bonds. The van der Waals surface area contributed by atoms with Crippen LogP contribution in [-0.4, -0.2) is 35.7 Å². The van der Waals surface area contributed by atoms with Gasteiger partial charge in [0.05, 0.1) is 22.5 Å². The summed E-state index contributed by atoms with van der Waals surface area (Å²) in [6, 6.07) is 8.87. The number of rotatable bonds is 7. The third kappa shape index (κ3) is 4.47. The normalized spacial score (nSPS) is 12.7. The van der Waals surface area contributed by atoms with E-state index in [9.17, 15) is 28.4 Å². The summed E-state index contributed by atoms with van der Waals surface area (Å²) in [5.74, 6) is 0.